The Morgan fingerprint density at radius 1 is 0.963 bits per heavy atom. The summed E-state index contributed by atoms with van der Waals surface area (Å²) in [5.41, 5.74) is 3.68. The molecule has 1 N–H and O–H groups in total. The first-order chi connectivity index (χ1) is 12.9. The molecule has 2 aromatic heterocycles. The Morgan fingerprint density at radius 2 is 1.56 bits per heavy atom. The maximum Gasteiger partial charge on any atom is 0.344 e. The largest absolute Gasteiger partial charge is 0.480 e. The number of carbonyl (C=O) groups excluding carboxylic acids is 2. The third-order valence-electron chi connectivity index (χ3n) is 4.26. The Hall–Kier alpha value is -3.16. The van der Waals surface area contributed by atoms with Crippen LogP contribution in [0.15, 0.2) is 16.9 Å². The fourth-order valence-electron chi connectivity index (χ4n) is 3.10. The number of hydrogen-bond acceptors (Lipinski definition) is 7. The highest BCUT2D eigenvalue weighted by molar-refractivity contribution is 5.94. The van der Waals surface area contributed by atoms with E-state index in [1.54, 1.807) is 6.92 Å². The van der Waals surface area contributed by atoms with Crippen molar-refractivity contribution in [3.8, 4) is 5.88 Å². The number of pyridine rings is 2. The second-order valence-electron chi connectivity index (χ2n) is 6.26. The number of rotatable bonds is 1. The molecule has 2 aromatic rings. The molecule has 0 bridgehead atoms. The Kier molecular flexibility index (Phi) is 5.25. The molecule has 8 heteroatoms. The van der Waals surface area contributed by atoms with Crippen molar-refractivity contribution in [2.75, 3.05) is 20.3 Å². The van der Waals surface area contributed by atoms with Crippen molar-refractivity contribution in [1.29, 1.82) is 0 Å². The summed E-state index contributed by atoms with van der Waals surface area (Å²) in [6.45, 7) is 4.48. The number of H-pyrrole nitrogens is 1. The van der Waals surface area contributed by atoms with Crippen molar-refractivity contribution in [2.45, 2.75) is 26.7 Å². The van der Waals surface area contributed by atoms with Crippen molar-refractivity contribution >= 4 is 11.9 Å². The van der Waals surface area contributed by atoms with Gasteiger partial charge in [0.05, 0.1) is 20.3 Å². The van der Waals surface area contributed by atoms with E-state index in [0.29, 0.717) is 31.1 Å². The van der Waals surface area contributed by atoms with E-state index in [9.17, 15) is 14.4 Å². The molecule has 4 rings (SSSR count). The summed E-state index contributed by atoms with van der Waals surface area (Å²) in [4.78, 5) is 40.7. The minimum atomic E-state index is -0.512. The molecule has 27 heavy (non-hydrogen) atoms. The lowest BCUT2D eigenvalue weighted by Gasteiger charge is -2.17. The van der Waals surface area contributed by atoms with Crippen LogP contribution < -0.4 is 10.3 Å². The summed E-state index contributed by atoms with van der Waals surface area (Å²) >= 11 is 0. The maximum absolute atomic E-state index is 11.4. The minimum absolute atomic E-state index is 0.164. The van der Waals surface area contributed by atoms with Crippen molar-refractivity contribution in [2.24, 2.45) is 0 Å². The zero-order valence-corrected chi connectivity index (χ0v) is 15.4. The number of nitrogens with one attached hydrogen (secondary N) is 1. The van der Waals surface area contributed by atoms with E-state index in [4.69, 9.17) is 14.2 Å². The summed E-state index contributed by atoms with van der Waals surface area (Å²) in [6, 6.07) is 3.72. The summed E-state index contributed by atoms with van der Waals surface area (Å²) in [5.74, 6) is -0.484. The zero-order chi connectivity index (χ0) is 19.6. The molecule has 0 radical (unpaired) electrons. The van der Waals surface area contributed by atoms with Gasteiger partial charge in [0, 0.05) is 24.2 Å². The molecule has 8 nitrogen and oxygen atoms in total. The van der Waals surface area contributed by atoms with E-state index in [2.05, 4.69) is 9.97 Å². The van der Waals surface area contributed by atoms with Crippen LogP contribution in [0.25, 0.3) is 0 Å². The van der Waals surface area contributed by atoms with Gasteiger partial charge in [-0.15, -0.1) is 0 Å². The van der Waals surface area contributed by atoms with Gasteiger partial charge < -0.3 is 19.2 Å². The van der Waals surface area contributed by atoms with E-state index in [0.717, 1.165) is 28.9 Å². The second kappa shape index (κ2) is 7.61. The lowest BCUT2D eigenvalue weighted by molar-refractivity contribution is 0.0466. The first-order valence-corrected chi connectivity index (χ1v) is 8.52. The summed E-state index contributed by atoms with van der Waals surface area (Å²) in [5, 5.41) is 0. The number of methoxy groups -OCH3 is 1. The van der Waals surface area contributed by atoms with Crippen LogP contribution in [0.3, 0.4) is 0 Å². The van der Waals surface area contributed by atoms with Crippen LogP contribution in [0.1, 0.15) is 43.2 Å². The highest BCUT2D eigenvalue weighted by Crippen LogP contribution is 2.25. The number of cyclic esters (lactones) is 2. The molecule has 0 saturated carbocycles. The number of nitrogens with zero attached hydrogens (tertiary/aromatic N) is 1. The van der Waals surface area contributed by atoms with Gasteiger partial charge in [-0.3, -0.25) is 4.79 Å². The quantitative estimate of drug-likeness (QED) is 0.756. The van der Waals surface area contributed by atoms with E-state index in [-0.39, 0.29) is 17.1 Å². The number of hydrogen-bond donors (Lipinski definition) is 1. The molecule has 4 heterocycles. The third-order valence-corrected chi connectivity index (χ3v) is 4.26. The fourth-order valence-corrected chi connectivity index (χ4v) is 3.10. The van der Waals surface area contributed by atoms with Crippen LogP contribution in [0, 0.1) is 13.8 Å². The highest BCUT2D eigenvalue weighted by atomic mass is 16.5. The summed E-state index contributed by atoms with van der Waals surface area (Å²) in [7, 11) is 1.50. The number of carbonyl (C=O) groups is 2. The number of aromatic nitrogens is 2. The van der Waals surface area contributed by atoms with Gasteiger partial charge in [0.25, 0.3) is 5.56 Å². The fraction of sp³-hybridized carbons (Fsp3) is 0.368. The molecule has 2 aliphatic heterocycles. The molecule has 2 aliphatic rings. The van der Waals surface area contributed by atoms with Crippen LogP contribution in [0.2, 0.25) is 0 Å². The molecular formula is C19H20N2O6. The molecule has 142 valence electrons. The van der Waals surface area contributed by atoms with E-state index in [1.807, 2.05) is 19.1 Å². The number of fused-ring (bicyclic) bond motifs is 2. The van der Waals surface area contributed by atoms with Crippen LogP contribution in [0.5, 0.6) is 5.88 Å². The number of ether oxygens (including phenoxy) is 3. The molecule has 0 spiro atoms. The lowest BCUT2D eigenvalue weighted by atomic mass is 10.0. The molecule has 0 fully saturated rings. The average Bonchev–Trinajstić information content (AvgIpc) is 2.61. The number of aryl methyl sites for hydroxylation is 2. The predicted octanol–water partition coefficient (Wildman–Crippen LogP) is 1.51. The standard InChI is InChI=1S/C10H11NO3.C9H9NO3/c1-6-5-7-3-4-14-10(12)8(7)9(11-6)13-2;1-5-4-6-2-3-13-9(12)7(6)8(11)10-5/h5H,3-4H2,1-2H3;4H,2-3H2,1H3,(H,10,11). The molecule has 0 amide bonds. The maximum atomic E-state index is 11.4. The zero-order valence-electron chi connectivity index (χ0n) is 15.4. The second-order valence-corrected chi connectivity index (χ2v) is 6.26. The molecule has 0 saturated heterocycles. The van der Waals surface area contributed by atoms with Crippen LogP contribution in [-0.2, 0) is 22.3 Å². The third kappa shape index (κ3) is 3.84. The Balaban J connectivity index is 0.000000156. The van der Waals surface area contributed by atoms with Crippen molar-refractivity contribution in [1.82, 2.24) is 9.97 Å². The Labute approximate surface area is 155 Å². The molecule has 0 unspecified atom stereocenters. The number of aromatic amines is 1. The van der Waals surface area contributed by atoms with Gasteiger partial charge in [0.15, 0.2) is 0 Å². The molecule has 0 aromatic carbocycles. The van der Waals surface area contributed by atoms with Crippen LogP contribution in [0.4, 0.5) is 0 Å². The van der Waals surface area contributed by atoms with Crippen molar-refractivity contribution < 1.29 is 23.8 Å². The topological polar surface area (TPSA) is 108 Å². The average molecular weight is 372 g/mol. The van der Waals surface area contributed by atoms with E-state index in [1.165, 1.54) is 7.11 Å². The van der Waals surface area contributed by atoms with Gasteiger partial charge in [0.2, 0.25) is 5.88 Å². The van der Waals surface area contributed by atoms with Gasteiger partial charge in [-0.05, 0) is 37.1 Å². The van der Waals surface area contributed by atoms with Gasteiger partial charge in [-0.1, -0.05) is 0 Å². The van der Waals surface area contributed by atoms with E-state index >= 15 is 0 Å². The van der Waals surface area contributed by atoms with Gasteiger partial charge in [-0.2, -0.15) is 0 Å². The highest BCUT2D eigenvalue weighted by Gasteiger charge is 2.24. The van der Waals surface area contributed by atoms with Gasteiger partial charge in [0.1, 0.15) is 11.1 Å². The van der Waals surface area contributed by atoms with Crippen LogP contribution >= 0.6 is 0 Å². The Bertz CT molecular complexity index is 946. The van der Waals surface area contributed by atoms with E-state index < -0.39 is 5.97 Å². The molecule has 0 atom stereocenters. The predicted molar refractivity (Wildman–Crippen MR) is 95.3 cm³/mol. The lowest BCUT2D eigenvalue weighted by Crippen LogP contribution is -2.28. The minimum Gasteiger partial charge on any atom is -0.480 e. The van der Waals surface area contributed by atoms with Crippen molar-refractivity contribution in [3.05, 3.63) is 56.1 Å². The van der Waals surface area contributed by atoms with Gasteiger partial charge >= 0.3 is 11.9 Å². The Morgan fingerprint density at radius 3 is 2.19 bits per heavy atom. The van der Waals surface area contributed by atoms with Crippen molar-refractivity contribution in [3.63, 3.8) is 0 Å². The summed E-state index contributed by atoms with van der Waals surface area (Å²) in [6.07, 6.45) is 1.37. The smallest absolute Gasteiger partial charge is 0.344 e. The first kappa shape index (κ1) is 18.6. The number of esters is 2. The SMILES string of the molecule is COc1nc(C)cc2c1C(=O)OCC2.Cc1cc2c(c(=O)[nH]1)C(=O)OCC2. The summed E-state index contributed by atoms with van der Waals surface area (Å²) < 4.78 is 14.7. The van der Waals surface area contributed by atoms with Crippen LogP contribution in [-0.4, -0.2) is 42.2 Å². The monoisotopic (exact) mass is 372 g/mol. The molecule has 0 aliphatic carbocycles. The molecular weight excluding hydrogens is 352 g/mol. The van der Waals surface area contributed by atoms with Gasteiger partial charge in [-0.25, -0.2) is 14.6 Å². The first-order valence-electron chi connectivity index (χ1n) is 8.52. The normalized spacial score (nSPS) is 14.8.